The maximum Gasteiger partial charge on any atom is 0.268 e. The molecule has 0 saturated heterocycles. The van der Waals surface area contributed by atoms with Gasteiger partial charge in [-0.25, -0.2) is 13.8 Å². The topological polar surface area (TPSA) is 58.4 Å². The van der Waals surface area contributed by atoms with E-state index in [4.69, 9.17) is 0 Å². The highest BCUT2D eigenvalue weighted by Gasteiger charge is 2.25. The largest absolute Gasteiger partial charge is 0.367 e. The van der Waals surface area contributed by atoms with Crippen LogP contribution in [0, 0.1) is 11.6 Å². The normalized spacial score (nSPS) is 14.7. The molecule has 0 radical (unpaired) electrons. The summed E-state index contributed by atoms with van der Waals surface area (Å²) in [6.45, 7) is 6.21. The van der Waals surface area contributed by atoms with E-state index in [0.717, 1.165) is 47.4 Å². The van der Waals surface area contributed by atoms with Crippen molar-refractivity contribution in [2.45, 2.75) is 71.4 Å². The molecule has 4 rings (SSSR count). The molecule has 1 aromatic carbocycles. The lowest BCUT2D eigenvalue weighted by Gasteiger charge is -2.13. The molecule has 0 unspecified atom stereocenters. The summed E-state index contributed by atoms with van der Waals surface area (Å²) in [7, 11) is 0. The van der Waals surface area contributed by atoms with Crippen molar-refractivity contribution < 1.29 is 13.6 Å². The zero-order valence-corrected chi connectivity index (χ0v) is 22.3. The van der Waals surface area contributed by atoms with Crippen molar-refractivity contribution in [1.29, 1.82) is 0 Å². The molecule has 1 aliphatic carbocycles. The molecule has 2 N–H and O–H groups in total. The zero-order chi connectivity index (χ0) is 27.1. The summed E-state index contributed by atoms with van der Waals surface area (Å²) in [6.07, 6.45) is 19.1. The maximum absolute atomic E-state index is 13.7. The molecular weight excluding hydrogens is 482 g/mol. The molecular formula is C31H36F2N4O. The Morgan fingerprint density at radius 2 is 1.87 bits per heavy atom. The van der Waals surface area contributed by atoms with Crippen molar-refractivity contribution >= 4 is 17.2 Å². The SMILES string of the molecule is C\C=C/C=C\C=C\Cc1c(C(C)C)c(C(=O)NCc2ccc(F)c(F)c2)n2cnc(NC3CCCC3)cc12. The third-order valence-electron chi connectivity index (χ3n) is 6.90. The number of hydrogen-bond donors (Lipinski definition) is 2. The van der Waals surface area contributed by atoms with Crippen LogP contribution in [-0.2, 0) is 13.0 Å². The Morgan fingerprint density at radius 3 is 2.58 bits per heavy atom. The second-order valence-corrected chi connectivity index (χ2v) is 10.0. The monoisotopic (exact) mass is 518 g/mol. The van der Waals surface area contributed by atoms with Gasteiger partial charge in [0.05, 0.1) is 5.52 Å². The summed E-state index contributed by atoms with van der Waals surface area (Å²) in [5, 5.41) is 6.46. The van der Waals surface area contributed by atoms with E-state index in [2.05, 4.69) is 35.5 Å². The molecule has 1 fully saturated rings. The molecule has 1 saturated carbocycles. The van der Waals surface area contributed by atoms with Gasteiger partial charge in [0.1, 0.15) is 17.8 Å². The van der Waals surface area contributed by atoms with Crippen LogP contribution in [0.5, 0.6) is 0 Å². The molecule has 1 amide bonds. The standard InChI is InChI=1S/C31H36F2N4O/c1-4-5-6-7-8-9-14-24-27-18-28(36-23-12-10-11-13-23)35-20-37(27)30(29(24)21(2)3)31(38)34-19-22-15-16-25(32)26(33)17-22/h4-9,15-18,20-21,23,36H,10-14,19H2,1-3H3,(H,34,38)/b5-4-,7-6-,9-8+. The lowest BCUT2D eigenvalue weighted by Crippen LogP contribution is -2.26. The van der Waals surface area contributed by atoms with Crippen LogP contribution in [0.1, 0.15) is 79.6 Å². The average Bonchev–Trinajstić information content (AvgIpc) is 3.52. The van der Waals surface area contributed by atoms with Crippen LogP contribution in [0.4, 0.5) is 14.6 Å². The van der Waals surface area contributed by atoms with E-state index in [1.165, 1.54) is 18.9 Å². The fourth-order valence-electron chi connectivity index (χ4n) is 5.09. The van der Waals surface area contributed by atoms with Crippen LogP contribution in [0.2, 0.25) is 0 Å². The number of rotatable bonds is 10. The molecule has 1 aliphatic rings. The number of hydrogen-bond acceptors (Lipinski definition) is 3. The van der Waals surface area contributed by atoms with Crippen molar-refractivity contribution in [2.24, 2.45) is 0 Å². The molecule has 3 aromatic rings. The number of nitrogens with zero attached hydrogens (tertiary/aromatic N) is 2. The van der Waals surface area contributed by atoms with Crippen molar-refractivity contribution in [3.05, 3.63) is 101 Å². The van der Waals surface area contributed by atoms with Gasteiger partial charge < -0.3 is 10.6 Å². The highest BCUT2D eigenvalue weighted by Crippen LogP contribution is 2.32. The lowest BCUT2D eigenvalue weighted by atomic mass is 9.95. The minimum atomic E-state index is -0.934. The number of benzene rings is 1. The van der Waals surface area contributed by atoms with Gasteiger partial charge in [-0.3, -0.25) is 9.20 Å². The fourth-order valence-corrected chi connectivity index (χ4v) is 5.09. The predicted octanol–water partition coefficient (Wildman–Crippen LogP) is 7.25. The van der Waals surface area contributed by atoms with Gasteiger partial charge in [0, 0.05) is 18.7 Å². The number of aromatic nitrogens is 2. The van der Waals surface area contributed by atoms with Gasteiger partial charge >= 0.3 is 0 Å². The first-order chi connectivity index (χ1) is 18.4. The predicted molar refractivity (Wildman–Crippen MR) is 149 cm³/mol. The van der Waals surface area contributed by atoms with E-state index in [1.54, 1.807) is 6.33 Å². The third-order valence-corrected chi connectivity index (χ3v) is 6.90. The molecule has 38 heavy (non-hydrogen) atoms. The van der Waals surface area contributed by atoms with E-state index < -0.39 is 11.6 Å². The molecule has 200 valence electrons. The van der Waals surface area contributed by atoms with E-state index in [1.807, 2.05) is 47.8 Å². The second-order valence-electron chi connectivity index (χ2n) is 10.0. The average molecular weight is 519 g/mol. The highest BCUT2D eigenvalue weighted by molar-refractivity contribution is 5.97. The smallest absolute Gasteiger partial charge is 0.268 e. The Balaban J connectivity index is 1.70. The van der Waals surface area contributed by atoms with E-state index in [0.29, 0.717) is 23.7 Å². The van der Waals surface area contributed by atoms with Crippen molar-refractivity contribution in [2.75, 3.05) is 5.32 Å². The van der Waals surface area contributed by atoms with Crippen molar-refractivity contribution in [1.82, 2.24) is 14.7 Å². The van der Waals surface area contributed by atoms with Crippen LogP contribution in [0.3, 0.4) is 0 Å². The van der Waals surface area contributed by atoms with E-state index in [9.17, 15) is 13.6 Å². The van der Waals surface area contributed by atoms with Gasteiger partial charge in [0.2, 0.25) is 0 Å². The van der Waals surface area contributed by atoms with Crippen LogP contribution >= 0.6 is 0 Å². The Hall–Kier alpha value is -3.74. The minimum absolute atomic E-state index is 0.0760. The molecule has 0 aliphatic heterocycles. The van der Waals surface area contributed by atoms with Gasteiger partial charge in [-0.2, -0.15) is 0 Å². The Bertz CT molecular complexity index is 1360. The summed E-state index contributed by atoms with van der Waals surface area (Å²) in [5.41, 5.74) is 3.97. The van der Waals surface area contributed by atoms with Crippen LogP contribution in [0.15, 0.2) is 67.0 Å². The summed E-state index contributed by atoms with van der Waals surface area (Å²) in [5.74, 6) is -1.24. The zero-order valence-electron chi connectivity index (χ0n) is 22.3. The number of carbonyl (C=O) groups is 1. The summed E-state index contributed by atoms with van der Waals surface area (Å²) in [4.78, 5) is 18.2. The van der Waals surface area contributed by atoms with Gasteiger partial charge in [-0.15, -0.1) is 0 Å². The first-order valence-corrected chi connectivity index (χ1v) is 13.3. The van der Waals surface area contributed by atoms with E-state index in [-0.39, 0.29) is 18.4 Å². The van der Waals surface area contributed by atoms with Crippen LogP contribution in [0.25, 0.3) is 5.52 Å². The molecule has 5 nitrogen and oxygen atoms in total. The summed E-state index contributed by atoms with van der Waals surface area (Å²) >= 11 is 0. The highest BCUT2D eigenvalue weighted by atomic mass is 19.2. The fraction of sp³-hybridized carbons (Fsp3) is 0.355. The first kappa shape index (κ1) is 27.3. The van der Waals surface area contributed by atoms with Gasteiger partial charge in [0.25, 0.3) is 5.91 Å². The van der Waals surface area contributed by atoms with Gasteiger partial charge in [-0.05, 0) is 60.9 Å². The molecule has 0 atom stereocenters. The lowest BCUT2D eigenvalue weighted by molar-refractivity contribution is 0.0943. The van der Waals surface area contributed by atoms with Gasteiger partial charge in [-0.1, -0.05) is 69.2 Å². The molecule has 0 spiro atoms. The molecule has 2 heterocycles. The number of anilines is 1. The number of amides is 1. The Kier molecular flexibility index (Phi) is 9.10. The van der Waals surface area contributed by atoms with Crippen LogP contribution in [-0.4, -0.2) is 21.3 Å². The summed E-state index contributed by atoms with van der Waals surface area (Å²) in [6, 6.07) is 6.10. The number of fused-ring (bicyclic) bond motifs is 1. The minimum Gasteiger partial charge on any atom is -0.367 e. The van der Waals surface area contributed by atoms with Gasteiger partial charge in [0.15, 0.2) is 11.6 Å². The summed E-state index contributed by atoms with van der Waals surface area (Å²) < 4.78 is 28.9. The van der Waals surface area contributed by atoms with Crippen molar-refractivity contribution in [3.63, 3.8) is 0 Å². The number of allylic oxidation sites excluding steroid dienone is 6. The molecule has 7 heteroatoms. The molecule has 0 bridgehead atoms. The van der Waals surface area contributed by atoms with Crippen LogP contribution < -0.4 is 10.6 Å². The quantitative estimate of drug-likeness (QED) is 0.278. The third kappa shape index (κ3) is 6.39. The van der Waals surface area contributed by atoms with Crippen molar-refractivity contribution in [3.8, 4) is 0 Å². The maximum atomic E-state index is 13.7. The Labute approximate surface area is 223 Å². The number of carbonyl (C=O) groups excluding carboxylic acids is 1. The Morgan fingerprint density at radius 1 is 1.11 bits per heavy atom. The number of nitrogens with one attached hydrogen (secondary N) is 2. The molecule has 2 aromatic heterocycles. The van der Waals surface area contributed by atoms with E-state index >= 15 is 0 Å². The number of halogens is 2. The first-order valence-electron chi connectivity index (χ1n) is 13.3. The second kappa shape index (κ2) is 12.7.